The molecule has 0 fully saturated rings. The number of guanidine groups is 1. The quantitative estimate of drug-likeness (QED) is 0.642. The molecule has 0 aliphatic carbocycles. The molecule has 0 aliphatic heterocycles. The van der Waals surface area contributed by atoms with Gasteiger partial charge in [-0.1, -0.05) is 18.5 Å². The molecule has 3 N–H and O–H groups in total. The van der Waals surface area contributed by atoms with Gasteiger partial charge in [0.15, 0.2) is 15.8 Å². The van der Waals surface area contributed by atoms with Crippen molar-refractivity contribution in [3.8, 4) is 0 Å². The second-order valence-electron chi connectivity index (χ2n) is 4.70. The Morgan fingerprint density at radius 2 is 2.05 bits per heavy atom. The van der Waals surface area contributed by atoms with Gasteiger partial charge in [-0.25, -0.2) is 13.4 Å². The summed E-state index contributed by atoms with van der Waals surface area (Å²) in [6, 6.07) is 4.90. The molecule has 0 saturated carbocycles. The highest BCUT2D eigenvalue weighted by Gasteiger charge is 2.13. The molecule has 7 heteroatoms. The number of nitrogens with two attached hydrogens (primary N) is 1. The molecular formula is C13H20ClN3O2S. The van der Waals surface area contributed by atoms with E-state index in [1.807, 2.05) is 13.8 Å². The maximum absolute atomic E-state index is 11.9. The van der Waals surface area contributed by atoms with Gasteiger partial charge in [0.25, 0.3) is 0 Å². The fourth-order valence-electron chi connectivity index (χ4n) is 1.58. The smallest absolute Gasteiger partial charge is 0.189 e. The van der Waals surface area contributed by atoms with Crippen LogP contribution < -0.4 is 11.1 Å². The van der Waals surface area contributed by atoms with Crippen LogP contribution in [-0.2, 0) is 16.4 Å². The van der Waals surface area contributed by atoms with Gasteiger partial charge in [0, 0.05) is 11.1 Å². The van der Waals surface area contributed by atoms with Crippen molar-refractivity contribution < 1.29 is 8.42 Å². The SMILES string of the molecule is CCS(=O)(=O)c1cc(Cl)cc(CN=C(N)NC(C)C)c1. The lowest BCUT2D eigenvalue weighted by atomic mass is 10.2. The van der Waals surface area contributed by atoms with Crippen molar-refractivity contribution >= 4 is 27.4 Å². The van der Waals surface area contributed by atoms with E-state index < -0.39 is 9.84 Å². The highest BCUT2D eigenvalue weighted by molar-refractivity contribution is 7.91. The van der Waals surface area contributed by atoms with E-state index in [-0.39, 0.29) is 23.2 Å². The second-order valence-corrected chi connectivity index (χ2v) is 7.41. The van der Waals surface area contributed by atoms with E-state index in [4.69, 9.17) is 17.3 Å². The Morgan fingerprint density at radius 1 is 1.40 bits per heavy atom. The van der Waals surface area contributed by atoms with Crippen LogP contribution in [-0.4, -0.2) is 26.2 Å². The van der Waals surface area contributed by atoms with Crippen molar-refractivity contribution in [3.63, 3.8) is 0 Å². The Labute approximate surface area is 125 Å². The highest BCUT2D eigenvalue weighted by atomic mass is 35.5. The van der Waals surface area contributed by atoms with Crippen molar-refractivity contribution in [3.05, 3.63) is 28.8 Å². The standard InChI is InChI=1S/C13H20ClN3O2S/c1-4-20(18,19)12-6-10(5-11(14)7-12)8-16-13(15)17-9(2)3/h5-7,9H,4,8H2,1-3H3,(H3,15,16,17). The molecule has 0 amide bonds. The van der Waals surface area contributed by atoms with E-state index in [0.717, 1.165) is 0 Å². The molecule has 20 heavy (non-hydrogen) atoms. The third-order valence-corrected chi connectivity index (χ3v) is 4.47. The van der Waals surface area contributed by atoms with Gasteiger partial charge in [0.2, 0.25) is 0 Å². The van der Waals surface area contributed by atoms with Crippen LogP contribution in [0.2, 0.25) is 5.02 Å². The molecule has 0 radical (unpaired) electrons. The molecule has 0 saturated heterocycles. The van der Waals surface area contributed by atoms with Gasteiger partial charge in [0.05, 0.1) is 17.2 Å². The summed E-state index contributed by atoms with van der Waals surface area (Å²) in [5, 5.41) is 3.34. The predicted molar refractivity (Wildman–Crippen MR) is 82.8 cm³/mol. The zero-order chi connectivity index (χ0) is 15.3. The van der Waals surface area contributed by atoms with Crippen LogP contribution in [0.1, 0.15) is 26.3 Å². The number of nitrogens with one attached hydrogen (secondary N) is 1. The largest absolute Gasteiger partial charge is 0.370 e. The Kier molecular flexibility index (Phi) is 5.83. The molecule has 0 aromatic heterocycles. The average Bonchev–Trinajstić information content (AvgIpc) is 2.35. The first-order valence-corrected chi connectivity index (χ1v) is 8.36. The zero-order valence-electron chi connectivity index (χ0n) is 11.9. The number of nitrogens with zero attached hydrogens (tertiary/aromatic N) is 1. The van der Waals surface area contributed by atoms with E-state index >= 15 is 0 Å². The summed E-state index contributed by atoms with van der Waals surface area (Å²) in [6.07, 6.45) is 0. The number of aliphatic imine (C=N–C) groups is 1. The van der Waals surface area contributed by atoms with Gasteiger partial charge in [-0.3, -0.25) is 0 Å². The summed E-state index contributed by atoms with van der Waals surface area (Å²) in [4.78, 5) is 4.37. The summed E-state index contributed by atoms with van der Waals surface area (Å²) in [6.45, 7) is 5.78. The molecule has 0 aliphatic rings. The summed E-state index contributed by atoms with van der Waals surface area (Å²) in [7, 11) is -3.28. The van der Waals surface area contributed by atoms with Crippen molar-refractivity contribution in [1.82, 2.24) is 5.32 Å². The van der Waals surface area contributed by atoms with Crippen LogP contribution in [0.5, 0.6) is 0 Å². The van der Waals surface area contributed by atoms with E-state index in [2.05, 4.69) is 10.3 Å². The first kappa shape index (κ1) is 16.8. The Morgan fingerprint density at radius 3 is 2.60 bits per heavy atom. The van der Waals surface area contributed by atoms with Crippen molar-refractivity contribution in [2.45, 2.75) is 38.3 Å². The van der Waals surface area contributed by atoms with E-state index in [1.165, 1.54) is 6.07 Å². The van der Waals surface area contributed by atoms with Gasteiger partial charge >= 0.3 is 0 Å². The first-order chi connectivity index (χ1) is 9.24. The second kappa shape index (κ2) is 6.95. The Hall–Kier alpha value is -1.27. The minimum absolute atomic E-state index is 0.0348. The molecule has 112 valence electrons. The molecule has 0 spiro atoms. The molecule has 0 bridgehead atoms. The summed E-state index contributed by atoms with van der Waals surface area (Å²) < 4.78 is 23.7. The predicted octanol–water partition coefficient (Wildman–Crippen LogP) is 1.95. The molecule has 0 unspecified atom stereocenters. The fraction of sp³-hybridized carbons (Fsp3) is 0.462. The van der Waals surface area contributed by atoms with Gasteiger partial charge in [0.1, 0.15) is 0 Å². The molecule has 1 rings (SSSR count). The molecule has 1 aromatic carbocycles. The molecule has 5 nitrogen and oxygen atoms in total. The Balaban J connectivity index is 2.98. The zero-order valence-corrected chi connectivity index (χ0v) is 13.4. The molecule has 0 atom stereocenters. The monoisotopic (exact) mass is 317 g/mol. The summed E-state index contributed by atoms with van der Waals surface area (Å²) in [5.74, 6) is 0.354. The third-order valence-electron chi connectivity index (χ3n) is 2.54. The van der Waals surface area contributed by atoms with Crippen LogP contribution in [0, 0.1) is 0 Å². The molecule has 1 aromatic rings. The minimum Gasteiger partial charge on any atom is -0.370 e. The van der Waals surface area contributed by atoms with Gasteiger partial charge < -0.3 is 11.1 Å². The van der Waals surface area contributed by atoms with Crippen molar-refractivity contribution in [2.24, 2.45) is 10.7 Å². The van der Waals surface area contributed by atoms with Crippen LogP contribution >= 0.6 is 11.6 Å². The van der Waals surface area contributed by atoms with E-state index in [9.17, 15) is 8.42 Å². The van der Waals surface area contributed by atoms with Gasteiger partial charge in [-0.05, 0) is 37.6 Å². The number of rotatable bonds is 5. The van der Waals surface area contributed by atoms with Crippen molar-refractivity contribution in [1.29, 1.82) is 0 Å². The van der Waals surface area contributed by atoms with Crippen LogP contribution in [0.4, 0.5) is 0 Å². The maximum Gasteiger partial charge on any atom is 0.189 e. The van der Waals surface area contributed by atoms with E-state index in [1.54, 1.807) is 19.1 Å². The maximum atomic E-state index is 11.9. The lowest BCUT2D eigenvalue weighted by Gasteiger charge is -2.09. The number of hydrogen-bond donors (Lipinski definition) is 2. The number of hydrogen-bond acceptors (Lipinski definition) is 3. The fourth-order valence-corrected chi connectivity index (χ4v) is 2.87. The number of benzene rings is 1. The normalized spacial score (nSPS) is 12.8. The lowest BCUT2D eigenvalue weighted by Crippen LogP contribution is -2.36. The number of sulfone groups is 1. The summed E-state index contributed by atoms with van der Waals surface area (Å²) in [5.41, 5.74) is 6.40. The van der Waals surface area contributed by atoms with Gasteiger partial charge in [-0.15, -0.1) is 0 Å². The minimum atomic E-state index is -3.28. The van der Waals surface area contributed by atoms with Crippen LogP contribution in [0.25, 0.3) is 0 Å². The lowest BCUT2D eigenvalue weighted by molar-refractivity contribution is 0.597. The molecular weight excluding hydrogens is 298 g/mol. The van der Waals surface area contributed by atoms with Crippen molar-refractivity contribution in [2.75, 3.05) is 5.75 Å². The average molecular weight is 318 g/mol. The van der Waals surface area contributed by atoms with Crippen LogP contribution in [0.15, 0.2) is 28.1 Å². The summed E-state index contributed by atoms with van der Waals surface area (Å²) >= 11 is 5.95. The third kappa shape index (κ3) is 5.02. The highest BCUT2D eigenvalue weighted by Crippen LogP contribution is 2.20. The van der Waals surface area contributed by atoms with Gasteiger partial charge in [-0.2, -0.15) is 0 Å². The van der Waals surface area contributed by atoms with E-state index in [0.29, 0.717) is 16.5 Å². The van der Waals surface area contributed by atoms with Crippen LogP contribution in [0.3, 0.4) is 0 Å². The number of halogens is 1. The first-order valence-electron chi connectivity index (χ1n) is 6.33. The topological polar surface area (TPSA) is 84.5 Å². The Bertz CT molecular complexity index is 598. The molecule has 0 heterocycles.